The van der Waals surface area contributed by atoms with E-state index in [1.807, 2.05) is 6.92 Å². The number of nitrogens with zero attached hydrogens (tertiary/aromatic N) is 4. The fourth-order valence-electron chi connectivity index (χ4n) is 2.30. The zero-order chi connectivity index (χ0) is 14.4. The molecule has 4 N–H and O–H groups in total. The first kappa shape index (κ1) is 14.7. The normalized spacial score (nSPS) is 19.6. The van der Waals surface area contributed by atoms with E-state index in [0.717, 1.165) is 13.1 Å². The van der Waals surface area contributed by atoms with Gasteiger partial charge in [-0.3, -0.25) is 5.43 Å². The van der Waals surface area contributed by atoms with Gasteiger partial charge in [-0.2, -0.15) is 15.0 Å². The van der Waals surface area contributed by atoms with Gasteiger partial charge in [0.2, 0.25) is 11.9 Å². The van der Waals surface area contributed by atoms with Gasteiger partial charge in [0.15, 0.2) is 0 Å². The Labute approximate surface area is 119 Å². The zero-order valence-electron chi connectivity index (χ0n) is 12.1. The van der Waals surface area contributed by atoms with Crippen molar-refractivity contribution in [2.45, 2.75) is 32.2 Å². The Kier molecular flexibility index (Phi) is 5.31. The molecule has 8 heteroatoms. The molecule has 1 fully saturated rings. The van der Waals surface area contributed by atoms with Crippen molar-refractivity contribution < 1.29 is 4.74 Å². The third-order valence-corrected chi connectivity index (χ3v) is 3.43. The summed E-state index contributed by atoms with van der Waals surface area (Å²) in [6.07, 6.45) is 3.73. The zero-order valence-corrected chi connectivity index (χ0v) is 12.1. The number of nitrogen functional groups attached to an aromatic ring is 1. The Bertz CT molecular complexity index is 428. The lowest BCUT2D eigenvalue weighted by Gasteiger charge is -2.32. The van der Waals surface area contributed by atoms with Gasteiger partial charge in [-0.25, -0.2) is 5.84 Å². The number of nitrogens with one attached hydrogen (secondary N) is 2. The maximum Gasteiger partial charge on any atom is 0.323 e. The average Bonchev–Trinajstić information content (AvgIpc) is 2.46. The molecular weight excluding hydrogens is 258 g/mol. The van der Waals surface area contributed by atoms with Crippen LogP contribution in [0, 0.1) is 0 Å². The van der Waals surface area contributed by atoms with Crippen LogP contribution in [0.2, 0.25) is 0 Å². The van der Waals surface area contributed by atoms with Gasteiger partial charge in [0, 0.05) is 12.6 Å². The summed E-state index contributed by atoms with van der Waals surface area (Å²) in [5.41, 5.74) is 2.42. The van der Waals surface area contributed by atoms with Gasteiger partial charge in [-0.15, -0.1) is 0 Å². The van der Waals surface area contributed by atoms with Crippen LogP contribution in [0.3, 0.4) is 0 Å². The number of hydrogen-bond acceptors (Lipinski definition) is 8. The molecule has 2 rings (SSSR count). The van der Waals surface area contributed by atoms with E-state index < -0.39 is 0 Å². The van der Waals surface area contributed by atoms with E-state index >= 15 is 0 Å². The van der Waals surface area contributed by atoms with Crippen LogP contribution >= 0.6 is 0 Å². The van der Waals surface area contributed by atoms with Gasteiger partial charge in [0.25, 0.3) is 0 Å². The number of ether oxygens (including phenoxy) is 1. The molecule has 0 amide bonds. The average molecular weight is 281 g/mol. The Morgan fingerprint density at radius 3 is 2.80 bits per heavy atom. The minimum absolute atomic E-state index is 0.273. The van der Waals surface area contributed by atoms with Crippen LogP contribution < -0.4 is 21.3 Å². The van der Waals surface area contributed by atoms with Crippen molar-refractivity contribution in [1.29, 1.82) is 0 Å². The first-order valence-corrected chi connectivity index (χ1v) is 7.02. The highest BCUT2D eigenvalue weighted by Crippen LogP contribution is 2.16. The predicted molar refractivity (Wildman–Crippen MR) is 77.6 cm³/mol. The van der Waals surface area contributed by atoms with Crippen LogP contribution in [0.25, 0.3) is 0 Å². The lowest BCUT2D eigenvalue weighted by molar-refractivity contribution is 0.194. The monoisotopic (exact) mass is 281 g/mol. The third kappa shape index (κ3) is 3.91. The van der Waals surface area contributed by atoms with Crippen molar-refractivity contribution >= 4 is 11.9 Å². The summed E-state index contributed by atoms with van der Waals surface area (Å²) >= 11 is 0. The molecule has 0 spiro atoms. The van der Waals surface area contributed by atoms with Crippen molar-refractivity contribution in [3.63, 3.8) is 0 Å². The summed E-state index contributed by atoms with van der Waals surface area (Å²) in [7, 11) is 2.15. The largest absolute Gasteiger partial charge is 0.464 e. The molecule has 112 valence electrons. The first-order valence-electron chi connectivity index (χ1n) is 7.02. The SMILES string of the molecule is CCOc1nc(NN)nc(NCC2CCCCN2C)n1. The molecule has 0 aromatic carbocycles. The van der Waals surface area contributed by atoms with Gasteiger partial charge in [-0.05, 0) is 33.4 Å². The quantitative estimate of drug-likeness (QED) is 0.510. The lowest BCUT2D eigenvalue weighted by atomic mass is 10.0. The molecule has 0 aliphatic carbocycles. The number of nitrogens with two attached hydrogens (primary N) is 1. The summed E-state index contributed by atoms with van der Waals surface area (Å²) in [5.74, 6) is 6.13. The summed E-state index contributed by atoms with van der Waals surface area (Å²) in [4.78, 5) is 14.8. The third-order valence-electron chi connectivity index (χ3n) is 3.43. The Morgan fingerprint density at radius 2 is 2.10 bits per heavy atom. The molecule has 1 aliphatic rings. The number of rotatable bonds is 6. The molecule has 1 unspecified atom stereocenters. The second kappa shape index (κ2) is 7.20. The Balaban J connectivity index is 1.98. The van der Waals surface area contributed by atoms with Gasteiger partial charge < -0.3 is 15.0 Å². The topological polar surface area (TPSA) is 101 Å². The van der Waals surface area contributed by atoms with Crippen molar-refractivity contribution in [1.82, 2.24) is 19.9 Å². The minimum Gasteiger partial charge on any atom is -0.464 e. The van der Waals surface area contributed by atoms with E-state index in [2.05, 4.69) is 37.6 Å². The van der Waals surface area contributed by atoms with E-state index in [-0.39, 0.29) is 6.01 Å². The van der Waals surface area contributed by atoms with Crippen molar-refractivity contribution in [3.8, 4) is 6.01 Å². The second-order valence-corrected chi connectivity index (χ2v) is 4.85. The van der Waals surface area contributed by atoms with Gasteiger partial charge in [0.05, 0.1) is 6.61 Å². The summed E-state index contributed by atoms with van der Waals surface area (Å²) < 4.78 is 5.29. The number of likely N-dealkylation sites (tertiary alicyclic amines) is 1. The maximum atomic E-state index is 5.35. The molecule has 1 aliphatic heterocycles. The fourth-order valence-corrected chi connectivity index (χ4v) is 2.30. The van der Waals surface area contributed by atoms with Crippen LogP contribution in [0.5, 0.6) is 6.01 Å². The van der Waals surface area contributed by atoms with E-state index in [0.29, 0.717) is 24.5 Å². The van der Waals surface area contributed by atoms with Crippen LogP contribution in [0.1, 0.15) is 26.2 Å². The predicted octanol–water partition coefficient (Wildman–Crippen LogP) is 0.452. The smallest absolute Gasteiger partial charge is 0.323 e. The van der Waals surface area contributed by atoms with Crippen LogP contribution in [0.4, 0.5) is 11.9 Å². The molecule has 2 heterocycles. The number of piperidine rings is 1. The van der Waals surface area contributed by atoms with Crippen molar-refractivity contribution in [3.05, 3.63) is 0 Å². The highest BCUT2D eigenvalue weighted by atomic mass is 16.5. The van der Waals surface area contributed by atoms with Crippen LogP contribution in [0.15, 0.2) is 0 Å². The standard InChI is InChI=1S/C12H23N7O/c1-3-20-12-16-10(15-11(17-12)18-13)14-8-9-6-4-5-7-19(9)2/h9H,3-8,13H2,1-2H3,(H2,14,15,16,17,18). The number of aromatic nitrogens is 3. The van der Waals surface area contributed by atoms with Crippen molar-refractivity contribution in [2.24, 2.45) is 5.84 Å². The summed E-state index contributed by atoms with van der Waals surface area (Å²) in [6, 6.07) is 0.778. The van der Waals surface area contributed by atoms with E-state index in [1.54, 1.807) is 0 Å². The molecule has 1 atom stereocenters. The molecule has 1 aromatic rings. The minimum atomic E-state index is 0.273. The molecule has 20 heavy (non-hydrogen) atoms. The second-order valence-electron chi connectivity index (χ2n) is 4.85. The van der Waals surface area contributed by atoms with E-state index in [4.69, 9.17) is 10.6 Å². The first-order chi connectivity index (χ1) is 9.72. The molecule has 0 bridgehead atoms. The lowest BCUT2D eigenvalue weighted by Crippen LogP contribution is -2.41. The number of hydrazine groups is 1. The highest BCUT2D eigenvalue weighted by Gasteiger charge is 2.19. The molecule has 0 radical (unpaired) electrons. The molecular formula is C12H23N7O. The summed E-state index contributed by atoms with van der Waals surface area (Å²) in [6.45, 7) is 4.32. The fraction of sp³-hybridized carbons (Fsp3) is 0.750. The Morgan fingerprint density at radius 1 is 1.30 bits per heavy atom. The van der Waals surface area contributed by atoms with E-state index in [1.165, 1.54) is 19.3 Å². The number of likely N-dealkylation sites (N-methyl/N-ethyl adjacent to an activating group) is 1. The van der Waals surface area contributed by atoms with Gasteiger partial charge in [-0.1, -0.05) is 6.42 Å². The maximum absolute atomic E-state index is 5.35. The van der Waals surface area contributed by atoms with Crippen LogP contribution in [-0.2, 0) is 0 Å². The molecule has 1 saturated heterocycles. The van der Waals surface area contributed by atoms with E-state index in [9.17, 15) is 0 Å². The molecule has 8 nitrogen and oxygen atoms in total. The van der Waals surface area contributed by atoms with Gasteiger partial charge >= 0.3 is 6.01 Å². The van der Waals surface area contributed by atoms with Gasteiger partial charge in [0.1, 0.15) is 0 Å². The number of anilines is 2. The molecule has 0 saturated carbocycles. The molecule has 1 aromatic heterocycles. The van der Waals surface area contributed by atoms with Crippen LogP contribution in [-0.4, -0.2) is 52.6 Å². The highest BCUT2D eigenvalue weighted by molar-refractivity contribution is 5.35. The Hall–Kier alpha value is -1.67. The van der Waals surface area contributed by atoms with Crippen molar-refractivity contribution in [2.75, 3.05) is 37.5 Å². The summed E-state index contributed by atoms with van der Waals surface area (Å²) in [5, 5.41) is 3.24. The number of hydrogen-bond donors (Lipinski definition) is 3.